The van der Waals surface area contributed by atoms with Gasteiger partial charge in [-0.1, -0.05) is 30.3 Å². The van der Waals surface area contributed by atoms with Crippen molar-refractivity contribution in [1.29, 1.82) is 0 Å². The number of thiophene rings is 1. The number of carbonyl (C=O) groups is 2. The van der Waals surface area contributed by atoms with E-state index in [1.807, 2.05) is 47.4 Å². The van der Waals surface area contributed by atoms with E-state index in [1.54, 1.807) is 11.3 Å². The molecule has 172 valence electrons. The lowest BCUT2D eigenvalue weighted by Crippen LogP contribution is -2.43. The number of rotatable bonds is 7. The van der Waals surface area contributed by atoms with E-state index in [0.29, 0.717) is 38.0 Å². The van der Waals surface area contributed by atoms with Crippen molar-refractivity contribution in [2.75, 3.05) is 25.0 Å². The molecule has 4 rings (SSSR count). The lowest BCUT2D eigenvalue weighted by molar-refractivity contribution is -0.126. The molecule has 0 spiro atoms. The Morgan fingerprint density at radius 1 is 0.970 bits per heavy atom. The second kappa shape index (κ2) is 10.7. The van der Waals surface area contributed by atoms with Crippen LogP contribution in [0.5, 0.6) is 0 Å². The number of aryl methyl sites for hydroxylation is 1. The van der Waals surface area contributed by atoms with E-state index in [0.717, 1.165) is 17.8 Å². The minimum absolute atomic E-state index is 0.0139. The third-order valence-electron chi connectivity index (χ3n) is 6.44. The van der Waals surface area contributed by atoms with Gasteiger partial charge in [0.25, 0.3) is 5.91 Å². The van der Waals surface area contributed by atoms with Crippen LogP contribution in [0.3, 0.4) is 0 Å². The summed E-state index contributed by atoms with van der Waals surface area (Å²) in [4.78, 5) is 29.1. The Bertz CT molecular complexity index is 1100. The summed E-state index contributed by atoms with van der Waals surface area (Å²) >= 11 is 1.71. The fourth-order valence-electron chi connectivity index (χ4n) is 4.23. The van der Waals surface area contributed by atoms with Crippen molar-refractivity contribution in [2.24, 2.45) is 5.92 Å². The van der Waals surface area contributed by atoms with E-state index < -0.39 is 0 Å². The Kier molecular flexibility index (Phi) is 7.45. The monoisotopic (exact) mass is 461 g/mol. The number of hydrogen-bond acceptors (Lipinski definition) is 4. The Balaban J connectivity index is 1.34. The van der Waals surface area contributed by atoms with Gasteiger partial charge in [0.05, 0.1) is 11.3 Å². The highest BCUT2D eigenvalue weighted by Crippen LogP contribution is 2.27. The predicted molar refractivity (Wildman–Crippen MR) is 135 cm³/mol. The molecular formula is C27H31N3O2S. The maximum atomic E-state index is 13.3. The van der Waals surface area contributed by atoms with Crippen molar-refractivity contribution >= 4 is 34.5 Å². The van der Waals surface area contributed by atoms with E-state index in [1.165, 1.54) is 16.0 Å². The molecule has 6 heteroatoms. The number of amides is 2. The topological polar surface area (TPSA) is 61.4 Å². The summed E-state index contributed by atoms with van der Waals surface area (Å²) in [5.41, 5.74) is 4.86. The number of likely N-dealkylation sites (tertiary alicyclic amines) is 1. The van der Waals surface area contributed by atoms with Crippen molar-refractivity contribution < 1.29 is 9.59 Å². The van der Waals surface area contributed by atoms with E-state index in [2.05, 4.69) is 42.0 Å². The zero-order valence-corrected chi connectivity index (χ0v) is 20.1. The molecule has 33 heavy (non-hydrogen) atoms. The Morgan fingerprint density at radius 3 is 2.48 bits per heavy atom. The van der Waals surface area contributed by atoms with Gasteiger partial charge in [-0.2, -0.15) is 0 Å². The van der Waals surface area contributed by atoms with Gasteiger partial charge in [-0.15, -0.1) is 11.3 Å². The molecule has 2 amide bonds. The van der Waals surface area contributed by atoms with Crippen LogP contribution in [0.15, 0.2) is 60.0 Å². The molecule has 0 atom stereocenters. The number of benzene rings is 2. The van der Waals surface area contributed by atoms with E-state index in [9.17, 15) is 9.59 Å². The molecule has 1 aromatic heterocycles. The molecule has 0 saturated carbocycles. The molecule has 2 heterocycles. The highest BCUT2D eigenvalue weighted by molar-refractivity contribution is 7.09. The summed E-state index contributed by atoms with van der Waals surface area (Å²) < 4.78 is 0. The number of piperidine rings is 1. The highest BCUT2D eigenvalue weighted by Gasteiger charge is 2.28. The summed E-state index contributed by atoms with van der Waals surface area (Å²) in [6.07, 6.45) is 2.26. The van der Waals surface area contributed by atoms with Crippen LogP contribution in [-0.4, -0.2) is 36.3 Å². The van der Waals surface area contributed by atoms with E-state index >= 15 is 0 Å². The molecule has 0 unspecified atom stereocenters. The summed E-state index contributed by atoms with van der Waals surface area (Å²) in [6.45, 7) is 6.02. The minimum Gasteiger partial charge on any atom is -0.355 e. The lowest BCUT2D eigenvalue weighted by atomic mass is 9.95. The molecule has 1 aliphatic rings. The zero-order chi connectivity index (χ0) is 23.2. The highest BCUT2D eigenvalue weighted by atomic mass is 32.1. The normalized spacial score (nSPS) is 14.2. The minimum atomic E-state index is -0.0271. The van der Waals surface area contributed by atoms with Crippen LogP contribution in [0.1, 0.15) is 39.2 Å². The van der Waals surface area contributed by atoms with Crippen molar-refractivity contribution in [3.63, 3.8) is 0 Å². The Hall–Kier alpha value is -3.12. The smallest absolute Gasteiger partial charge is 0.255 e. The summed E-state index contributed by atoms with van der Waals surface area (Å²) in [5.74, 6) is 0.0938. The molecule has 5 nitrogen and oxygen atoms in total. The molecule has 0 aliphatic carbocycles. The van der Waals surface area contributed by atoms with Crippen LogP contribution >= 0.6 is 11.3 Å². The fraction of sp³-hybridized carbons (Fsp3) is 0.333. The molecule has 1 saturated heterocycles. The zero-order valence-electron chi connectivity index (χ0n) is 19.3. The van der Waals surface area contributed by atoms with Crippen molar-refractivity contribution in [2.45, 2.75) is 33.1 Å². The largest absolute Gasteiger partial charge is 0.355 e. The van der Waals surface area contributed by atoms with E-state index in [-0.39, 0.29) is 17.7 Å². The maximum Gasteiger partial charge on any atom is 0.255 e. The first-order chi connectivity index (χ1) is 16.0. The van der Waals surface area contributed by atoms with Gasteiger partial charge in [0.1, 0.15) is 0 Å². The summed E-state index contributed by atoms with van der Waals surface area (Å²) in [5, 5.41) is 8.57. The Morgan fingerprint density at radius 2 is 1.73 bits per heavy atom. The fourth-order valence-corrected chi connectivity index (χ4v) is 4.94. The van der Waals surface area contributed by atoms with Gasteiger partial charge in [-0.3, -0.25) is 9.59 Å². The first kappa shape index (κ1) is 23.1. The number of nitrogens with one attached hydrogen (secondary N) is 2. The first-order valence-electron chi connectivity index (χ1n) is 11.5. The van der Waals surface area contributed by atoms with Gasteiger partial charge >= 0.3 is 0 Å². The molecule has 0 radical (unpaired) electrons. The number of nitrogens with zero attached hydrogens (tertiary/aromatic N) is 1. The quantitative estimate of drug-likeness (QED) is 0.501. The van der Waals surface area contributed by atoms with Crippen LogP contribution in [-0.2, 0) is 11.2 Å². The first-order valence-corrected chi connectivity index (χ1v) is 12.4. The van der Waals surface area contributed by atoms with Gasteiger partial charge < -0.3 is 15.5 Å². The number of hydrogen-bond donors (Lipinski definition) is 2. The average Bonchev–Trinajstić information content (AvgIpc) is 3.35. The van der Waals surface area contributed by atoms with Gasteiger partial charge in [-0.05, 0) is 73.9 Å². The van der Waals surface area contributed by atoms with Gasteiger partial charge in [0.2, 0.25) is 5.91 Å². The Labute approximate surface area is 199 Å². The van der Waals surface area contributed by atoms with Crippen molar-refractivity contribution in [3.05, 3.63) is 81.5 Å². The van der Waals surface area contributed by atoms with Crippen LogP contribution in [0.25, 0.3) is 0 Å². The van der Waals surface area contributed by atoms with Crippen LogP contribution in [0.2, 0.25) is 0 Å². The molecular weight excluding hydrogens is 430 g/mol. The van der Waals surface area contributed by atoms with Crippen molar-refractivity contribution in [3.8, 4) is 0 Å². The average molecular weight is 462 g/mol. The third kappa shape index (κ3) is 5.63. The third-order valence-corrected chi connectivity index (χ3v) is 7.37. The van der Waals surface area contributed by atoms with Crippen LogP contribution < -0.4 is 10.6 Å². The molecule has 1 aliphatic heterocycles. The van der Waals surface area contributed by atoms with Gasteiger partial charge in [0, 0.05) is 36.1 Å². The molecule has 2 N–H and O–H groups in total. The van der Waals surface area contributed by atoms with Crippen molar-refractivity contribution in [1.82, 2.24) is 10.2 Å². The molecule has 2 aromatic carbocycles. The summed E-state index contributed by atoms with van der Waals surface area (Å²) in [6, 6.07) is 17.9. The van der Waals surface area contributed by atoms with Gasteiger partial charge in [0.15, 0.2) is 0 Å². The number of anilines is 2. The van der Waals surface area contributed by atoms with Crippen LogP contribution in [0, 0.1) is 19.8 Å². The molecule has 1 fully saturated rings. The molecule has 3 aromatic rings. The summed E-state index contributed by atoms with van der Waals surface area (Å²) in [7, 11) is 0. The second-order valence-electron chi connectivity index (χ2n) is 8.60. The number of para-hydroxylation sites is 1. The SMILES string of the molecule is Cc1cccc(Nc2ccccc2C(=O)N2CCC(C(=O)NCCc3cccs3)CC2)c1C. The second-order valence-corrected chi connectivity index (χ2v) is 9.64. The van der Waals surface area contributed by atoms with Gasteiger partial charge in [-0.25, -0.2) is 0 Å². The maximum absolute atomic E-state index is 13.3. The molecule has 0 bridgehead atoms. The number of carbonyl (C=O) groups excluding carboxylic acids is 2. The standard InChI is InChI=1S/C27H31N3O2S/c1-19-7-5-11-24(20(19)2)29-25-10-4-3-9-23(25)27(32)30-16-13-21(14-17-30)26(31)28-15-12-22-8-6-18-33-22/h3-11,18,21,29H,12-17H2,1-2H3,(H,28,31). The lowest BCUT2D eigenvalue weighted by Gasteiger charge is -2.32. The van der Waals surface area contributed by atoms with Crippen LogP contribution in [0.4, 0.5) is 11.4 Å². The predicted octanol–water partition coefficient (Wildman–Crippen LogP) is 5.32. The van der Waals surface area contributed by atoms with E-state index in [4.69, 9.17) is 0 Å².